The molecule has 0 spiro atoms. The molecule has 0 radical (unpaired) electrons. The number of hydrogen-bond acceptors (Lipinski definition) is 3. The first-order valence-electron chi connectivity index (χ1n) is 4.82. The number of nitriles is 1. The van der Waals surface area contributed by atoms with Gasteiger partial charge in [-0.25, -0.2) is 4.98 Å². The smallest absolute Gasteiger partial charge is 0.108 e. The van der Waals surface area contributed by atoms with Crippen LogP contribution in [0.15, 0.2) is 24.3 Å². The Morgan fingerprint density at radius 1 is 1.40 bits per heavy atom. The number of aromatic nitrogens is 1. The van der Waals surface area contributed by atoms with Gasteiger partial charge in [-0.1, -0.05) is 24.3 Å². The van der Waals surface area contributed by atoms with E-state index in [9.17, 15) is 0 Å². The first kappa shape index (κ1) is 8.63. The molecule has 0 atom stereocenters. The molecule has 0 aliphatic heterocycles. The van der Waals surface area contributed by atoms with Gasteiger partial charge in [0.1, 0.15) is 5.01 Å². The Bertz CT molecular complexity index is 563. The van der Waals surface area contributed by atoms with Gasteiger partial charge in [0.25, 0.3) is 0 Å². The third-order valence-electron chi connectivity index (χ3n) is 2.60. The van der Waals surface area contributed by atoms with Crippen LogP contribution in [0.2, 0.25) is 0 Å². The number of benzene rings is 1. The van der Waals surface area contributed by atoms with Crippen molar-refractivity contribution in [2.45, 2.75) is 12.8 Å². The standard InChI is InChI=1S/C12H8N2S/c13-6-5-11-14-12-9-4-2-1-3-8(9)7-10(12)15-11/h1-4H,5,7H2. The monoisotopic (exact) mass is 212 g/mol. The summed E-state index contributed by atoms with van der Waals surface area (Å²) in [5.74, 6) is 0. The van der Waals surface area contributed by atoms with Gasteiger partial charge in [-0.15, -0.1) is 11.3 Å². The average molecular weight is 212 g/mol. The third-order valence-corrected chi connectivity index (χ3v) is 3.65. The van der Waals surface area contributed by atoms with Crippen LogP contribution < -0.4 is 0 Å². The average Bonchev–Trinajstić information content (AvgIpc) is 2.75. The van der Waals surface area contributed by atoms with Crippen LogP contribution in [0.25, 0.3) is 11.3 Å². The highest BCUT2D eigenvalue weighted by Crippen LogP contribution is 2.39. The second-order valence-corrected chi connectivity index (χ2v) is 4.72. The predicted molar refractivity (Wildman–Crippen MR) is 59.7 cm³/mol. The van der Waals surface area contributed by atoms with Crippen LogP contribution in [0, 0.1) is 11.3 Å². The summed E-state index contributed by atoms with van der Waals surface area (Å²) in [6, 6.07) is 10.5. The minimum atomic E-state index is 0.430. The molecule has 1 aromatic heterocycles. The number of nitrogens with zero attached hydrogens (tertiary/aromatic N) is 2. The van der Waals surface area contributed by atoms with Gasteiger partial charge in [0.2, 0.25) is 0 Å². The Morgan fingerprint density at radius 2 is 2.27 bits per heavy atom. The highest BCUT2D eigenvalue weighted by atomic mass is 32.1. The van der Waals surface area contributed by atoms with E-state index in [-0.39, 0.29) is 0 Å². The van der Waals surface area contributed by atoms with Crippen LogP contribution in [0.1, 0.15) is 15.4 Å². The Morgan fingerprint density at radius 3 is 3.13 bits per heavy atom. The maximum Gasteiger partial charge on any atom is 0.108 e. The zero-order valence-electron chi connectivity index (χ0n) is 8.03. The lowest BCUT2D eigenvalue weighted by Gasteiger charge is -1.96. The second-order valence-electron chi connectivity index (χ2n) is 3.55. The number of rotatable bonds is 1. The maximum atomic E-state index is 8.62. The normalized spacial score (nSPS) is 11.9. The van der Waals surface area contributed by atoms with Crippen molar-refractivity contribution in [3.63, 3.8) is 0 Å². The van der Waals surface area contributed by atoms with Crippen molar-refractivity contribution in [3.05, 3.63) is 39.7 Å². The molecule has 3 heteroatoms. The molecule has 3 rings (SSSR count). The zero-order chi connectivity index (χ0) is 10.3. The van der Waals surface area contributed by atoms with E-state index in [0.717, 1.165) is 17.1 Å². The molecule has 15 heavy (non-hydrogen) atoms. The van der Waals surface area contributed by atoms with E-state index in [2.05, 4.69) is 29.3 Å². The molecule has 1 aliphatic rings. The third kappa shape index (κ3) is 1.26. The van der Waals surface area contributed by atoms with E-state index in [4.69, 9.17) is 5.26 Å². The minimum absolute atomic E-state index is 0.430. The molecule has 0 saturated carbocycles. The lowest BCUT2D eigenvalue weighted by atomic mass is 10.1. The Labute approximate surface area is 91.8 Å². The molecule has 0 saturated heterocycles. The summed E-state index contributed by atoms with van der Waals surface area (Å²) in [6.45, 7) is 0. The van der Waals surface area contributed by atoms with Crippen molar-refractivity contribution in [2.24, 2.45) is 0 Å². The minimum Gasteiger partial charge on any atom is -0.240 e. The first-order valence-corrected chi connectivity index (χ1v) is 5.64. The number of hydrogen-bond donors (Lipinski definition) is 0. The molecule has 0 fully saturated rings. The van der Waals surface area contributed by atoms with Gasteiger partial charge in [-0.3, -0.25) is 0 Å². The molecule has 0 unspecified atom stereocenters. The van der Waals surface area contributed by atoms with Gasteiger partial charge < -0.3 is 0 Å². The van der Waals surface area contributed by atoms with Crippen molar-refractivity contribution in [1.29, 1.82) is 5.26 Å². The van der Waals surface area contributed by atoms with Gasteiger partial charge >= 0.3 is 0 Å². The van der Waals surface area contributed by atoms with Gasteiger partial charge in [0, 0.05) is 16.9 Å². The fourth-order valence-electron chi connectivity index (χ4n) is 1.95. The Kier molecular flexibility index (Phi) is 1.83. The van der Waals surface area contributed by atoms with E-state index >= 15 is 0 Å². The van der Waals surface area contributed by atoms with Crippen LogP contribution in [-0.2, 0) is 12.8 Å². The van der Waals surface area contributed by atoms with Crippen LogP contribution in [-0.4, -0.2) is 4.98 Å². The largest absolute Gasteiger partial charge is 0.240 e. The van der Waals surface area contributed by atoms with Crippen LogP contribution >= 0.6 is 11.3 Å². The quantitative estimate of drug-likeness (QED) is 0.622. The summed E-state index contributed by atoms with van der Waals surface area (Å²) in [7, 11) is 0. The first-order chi connectivity index (χ1) is 7.38. The van der Waals surface area contributed by atoms with Crippen molar-refractivity contribution in [2.75, 3.05) is 0 Å². The summed E-state index contributed by atoms with van der Waals surface area (Å²) < 4.78 is 0. The highest BCUT2D eigenvalue weighted by Gasteiger charge is 2.22. The molecule has 72 valence electrons. The van der Waals surface area contributed by atoms with Gasteiger partial charge in [-0.2, -0.15) is 5.26 Å². The Balaban J connectivity index is 2.12. The SMILES string of the molecule is N#CCc1nc2c(s1)Cc1ccccc1-2. The summed E-state index contributed by atoms with van der Waals surface area (Å²) >= 11 is 1.67. The number of fused-ring (bicyclic) bond motifs is 3. The lowest BCUT2D eigenvalue weighted by molar-refractivity contribution is 1.19. The van der Waals surface area contributed by atoms with Gasteiger partial charge in [0.15, 0.2) is 0 Å². The molecular formula is C12H8N2S. The van der Waals surface area contributed by atoms with Crippen molar-refractivity contribution >= 4 is 11.3 Å². The molecule has 2 aromatic rings. The van der Waals surface area contributed by atoms with Crippen LogP contribution in [0.3, 0.4) is 0 Å². The summed E-state index contributed by atoms with van der Waals surface area (Å²) in [4.78, 5) is 5.82. The summed E-state index contributed by atoms with van der Waals surface area (Å²) in [5.41, 5.74) is 3.70. The van der Waals surface area contributed by atoms with E-state index in [1.54, 1.807) is 11.3 Å². The van der Waals surface area contributed by atoms with E-state index < -0.39 is 0 Å². The van der Waals surface area contributed by atoms with Gasteiger partial charge in [0.05, 0.1) is 18.2 Å². The predicted octanol–water partition coefficient (Wildman–Crippen LogP) is 2.78. The van der Waals surface area contributed by atoms with Crippen LogP contribution in [0.4, 0.5) is 0 Å². The fraction of sp³-hybridized carbons (Fsp3) is 0.167. The highest BCUT2D eigenvalue weighted by molar-refractivity contribution is 7.12. The number of thiazole rings is 1. The molecule has 1 aromatic carbocycles. The molecule has 1 heterocycles. The molecule has 1 aliphatic carbocycles. The lowest BCUT2D eigenvalue weighted by Crippen LogP contribution is -1.82. The zero-order valence-corrected chi connectivity index (χ0v) is 8.84. The molecule has 0 amide bonds. The fourth-order valence-corrected chi connectivity index (χ4v) is 2.99. The van der Waals surface area contributed by atoms with Crippen molar-refractivity contribution in [1.82, 2.24) is 4.98 Å². The van der Waals surface area contributed by atoms with E-state index in [1.165, 1.54) is 16.0 Å². The summed E-state index contributed by atoms with van der Waals surface area (Å²) in [6.07, 6.45) is 1.41. The van der Waals surface area contributed by atoms with Crippen LogP contribution in [0.5, 0.6) is 0 Å². The van der Waals surface area contributed by atoms with E-state index in [0.29, 0.717) is 6.42 Å². The Hall–Kier alpha value is -1.66. The molecule has 2 nitrogen and oxygen atoms in total. The topological polar surface area (TPSA) is 36.7 Å². The molecular weight excluding hydrogens is 204 g/mol. The summed E-state index contributed by atoms with van der Waals surface area (Å²) in [5, 5.41) is 9.56. The molecule has 0 bridgehead atoms. The van der Waals surface area contributed by atoms with Crippen molar-refractivity contribution in [3.8, 4) is 17.3 Å². The van der Waals surface area contributed by atoms with Gasteiger partial charge in [-0.05, 0) is 5.56 Å². The van der Waals surface area contributed by atoms with E-state index in [1.807, 2.05) is 6.07 Å². The second kappa shape index (κ2) is 3.18. The molecule has 0 N–H and O–H groups in total. The maximum absolute atomic E-state index is 8.62. The van der Waals surface area contributed by atoms with Crippen molar-refractivity contribution < 1.29 is 0 Å².